The highest BCUT2D eigenvalue weighted by Crippen LogP contribution is 2.20. The number of para-hydroxylation sites is 1. The molecule has 1 nitrogen and oxygen atoms in total. The maximum Gasteiger partial charge on any atom is 0.123 e. The van der Waals surface area contributed by atoms with Crippen LogP contribution in [0.15, 0.2) is 54.6 Å². The van der Waals surface area contributed by atoms with Crippen molar-refractivity contribution < 1.29 is 4.52 Å². The van der Waals surface area contributed by atoms with Gasteiger partial charge in [0.15, 0.2) is 0 Å². The predicted octanol–water partition coefficient (Wildman–Crippen LogP) is 3.64. The molecule has 0 fully saturated rings. The van der Waals surface area contributed by atoms with Crippen molar-refractivity contribution in [1.29, 1.82) is 0 Å². The lowest BCUT2D eigenvalue weighted by Gasteiger charge is -2.04. The number of hydrogen-bond acceptors (Lipinski definition) is 1. The summed E-state index contributed by atoms with van der Waals surface area (Å²) >= 11 is 5.79. The fourth-order valence-corrected chi connectivity index (χ4v) is 1.92. The summed E-state index contributed by atoms with van der Waals surface area (Å²) in [6.07, 6.45) is 0. The maximum atomic E-state index is 5.79. The van der Waals surface area contributed by atoms with E-state index in [4.69, 9.17) is 16.1 Å². The normalized spacial score (nSPS) is 10.7. The van der Waals surface area contributed by atoms with Crippen LogP contribution in [0, 0.1) is 0 Å². The van der Waals surface area contributed by atoms with Crippen LogP contribution in [0.4, 0.5) is 0 Å². The van der Waals surface area contributed by atoms with Gasteiger partial charge in [-0.15, -0.1) is 0 Å². The zero-order chi connectivity index (χ0) is 10.5. The van der Waals surface area contributed by atoms with Crippen LogP contribution >= 0.6 is 20.4 Å². The molecular weight excluding hydrogens is 227 g/mol. The van der Waals surface area contributed by atoms with Crippen molar-refractivity contribution in [2.75, 3.05) is 0 Å². The predicted molar refractivity (Wildman–Crippen MR) is 66.5 cm³/mol. The van der Waals surface area contributed by atoms with Gasteiger partial charge in [-0.25, -0.2) is 0 Å². The van der Waals surface area contributed by atoms with E-state index in [9.17, 15) is 0 Å². The Morgan fingerprint density at radius 2 is 1.53 bits per heavy atom. The van der Waals surface area contributed by atoms with Gasteiger partial charge >= 0.3 is 0 Å². The van der Waals surface area contributed by atoms with Crippen molar-refractivity contribution in [3.05, 3.63) is 59.6 Å². The van der Waals surface area contributed by atoms with Gasteiger partial charge in [0.1, 0.15) is 14.6 Å². The van der Waals surface area contributed by atoms with Crippen LogP contribution in [0.25, 0.3) is 0 Å². The summed E-state index contributed by atoms with van der Waals surface area (Å²) in [6.45, 7) is 0. The molecule has 0 spiro atoms. The molecule has 0 aliphatic rings. The average Bonchev–Trinajstić information content (AvgIpc) is 2.30. The highest BCUT2D eigenvalue weighted by molar-refractivity contribution is 7.42. The van der Waals surface area contributed by atoms with Crippen LogP contribution < -0.4 is 9.83 Å². The molecule has 2 aromatic carbocycles. The Labute approximate surface area is 95.9 Å². The fraction of sp³-hybridized carbons (Fsp3) is 0. The molecule has 1 unspecified atom stereocenters. The van der Waals surface area contributed by atoms with Crippen molar-refractivity contribution in [2.45, 2.75) is 0 Å². The number of halogens is 1. The molecule has 0 aliphatic heterocycles. The molecule has 76 valence electrons. The van der Waals surface area contributed by atoms with Gasteiger partial charge in [-0.3, -0.25) is 0 Å². The van der Waals surface area contributed by atoms with Crippen molar-refractivity contribution in [3.8, 4) is 5.75 Å². The minimum Gasteiger partial charge on any atom is -0.472 e. The second-order valence-electron chi connectivity index (χ2n) is 3.02. The summed E-state index contributed by atoms with van der Waals surface area (Å²) in [5.41, 5.74) is 0. The average molecular weight is 237 g/mol. The maximum absolute atomic E-state index is 5.79. The van der Waals surface area contributed by atoms with Crippen LogP contribution in [0.1, 0.15) is 0 Å². The van der Waals surface area contributed by atoms with Gasteiger partial charge in [0.05, 0.1) is 0 Å². The van der Waals surface area contributed by atoms with Crippen LogP contribution in [-0.4, -0.2) is 0 Å². The molecule has 0 aliphatic carbocycles. The van der Waals surface area contributed by atoms with Crippen LogP contribution in [0.5, 0.6) is 5.75 Å². The van der Waals surface area contributed by atoms with Crippen LogP contribution in [0.3, 0.4) is 0 Å². The summed E-state index contributed by atoms with van der Waals surface area (Å²) in [5.74, 6) is 0.894. The fourth-order valence-electron chi connectivity index (χ4n) is 1.12. The molecule has 0 saturated heterocycles. The minimum absolute atomic E-state index is 0.320. The second-order valence-corrected chi connectivity index (χ2v) is 4.45. The zero-order valence-corrected chi connectivity index (χ0v) is 9.74. The Bertz CT molecular complexity index is 413. The first-order valence-corrected chi connectivity index (χ1v) is 5.87. The molecule has 0 radical (unpaired) electrons. The highest BCUT2D eigenvalue weighted by atomic mass is 35.5. The molecule has 2 aromatic rings. The van der Waals surface area contributed by atoms with E-state index in [0.29, 0.717) is 8.81 Å². The van der Waals surface area contributed by atoms with Gasteiger partial charge < -0.3 is 4.52 Å². The van der Waals surface area contributed by atoms with Gasteiger partial charge in [0.2, 0.25) is 0 Å². The first-order valence-electron chi connectivity index (χ1n) is 4.58. The number of rotatable bonds is 3. The number of hydrogen-bond donors (Lipinski definition) is 0. The third-order valence-electron chi connectivity index (χ3n) is 1.87. The summed E-state index contributed by atoms with van der Waals surface area (Å²) < 4.78 is 5.62. The SMILES string of the molecule is Clc1ccc(POc2ccccc2)cc1. The Kier molecular flexibility index (Phi) is 3.60. The summed E-state index contributed by atoms with van der Waals surface area (Å²) in [7, 11) is 0.320. The largest absolute Gasteiger partial charge is 0.472 e. The van der Waals surface area contributed by atoms with Crippen molar-refractivity contribution >= 4 is 25.7 Å². The smallest absolute Gasteiger partial charge is 0.123 e. The quantitative estimate of drug-likeness (QED) is 0.740. The molecule has 3 heteroatoms. The van der Waals surface area contributed by atoms with E-state index in [2.05, 4.69) is 0 Å². The minimum atomic E-state index is 0.320. The molecule has 15 heavy (non-hydrogen) atoms. The number of benzene rings is 2. The lowest BCUT2D eigenvalue weighted by molar-refractivity contribution is 0.638. The van der Waals surface area contributed by atoms with E-state index in [1.54, 1.807) is 0 Å². The van der Waals surface area contributed by atoms with Crippen LogP contribution in [-0.2, 0) is 0 Å². The van der Waals surface area contributed by atoms with Crippen molar-refractivity contribution in [2.24, 2.45) is 0 Å². The molecule has 2 rings (SSSR count). The van der Waals surface area contributed by atoms with Crippen molar-refractivity contribution in [1.82, 2.24) is 0 Å². The second kappa shape index (κ2) is 5.16. The van der Waals surface area contributed by atoms with Gasteiger partial charge in [0, 0.05) is 10.3 Å². The molecule has 1 atom stereocenters. The van der Waals surface area contributed by atoms with E-state index in [1.807, 2.05) is 54.6 Å². The molecule has 0 bridgehead atoms. The standard InChI is InChI=1S/C12H10ClOP/c13-10-6-8-12(9-7-10)15-14-11-4-2-1-3-5-11/h1-9,15H. The summed E-state index contributed by atoms with van der Waals surface area (Å²) in [6, 6.07) is 17.5. The van der Waals surface area contributed by atoms with Gasteiger partial charge in [-0.1, -0.05) is 29.8 Å². The van der Waals surface area contributed by atoms with E-state index in [0.717, 1.165) is 16.1 Å². The van der Waals surface area contributed by atoms with Crippen molar-refractivity contribution in [3.63, 3.8) is 0 Å². The molecule has 0 saturated carbocycles. The van der Waals surface area contributed by atoms with Crippen LogP contribution in [0.2, 0.25) is 5.02 Å². The Morgan fingerprint density at radius 3 is 2.20 bits per heavy atom. The van der Waals surface area contributed by atoms with Gasteiger partial charge in [-0.05, 0) is 36.4 Å². The monoisotopic (exact) mass is 236 g/mol. The first-order chi connectivity index (χ1) is 7.34. The van der Waals surface area contributed by atoms with E-state index in [1.165, 1.54) is 0 Å². The summed E-state index contributed by atoms with van der Waals surface area (Å²) in [5, 5.41) is 1.89. The Hall–Kier alpha value is -1.04. The zero-order valence-electron chi connectivity index (χ0n) is 7.98. The van der Waals surface area contributed by atoms with Gasteiger partial charge in [0.25, 0.3) is 0 Å². The topological polar surface area (TPSA) is 9.23 Å². The third-order valence-corrected chi connectivity index (χ3v) is 3.03. The molecule has 0 aromatic heterocycles. The first kappa shape index (κ1) is 10.5. The van der Waals surface area contributed by atoms with E-state index < -0.39 is 0 Å². The molecule has 0 amide bonds. The third kappa shape index (κ3) is 3.23. The van der Waals surface area contributed by atoms with Gasteiger partial charge in [-0.2, -0.15) is 0 Å². The lowest BCUT2D eigenvalue weighted by Crippen LogP contribution is -1.94. The molecule has 0 heterocycles. The Balaban J connectivity index is 1.96. The molecular formula is C12H10ClOP. The van der Waals surface area contributed by atoms with E-state index in [-0.39, 0.29) is 0 Å². The summed E-state index contributed by atoms with van der Waals surface area (Å²) in [4.78, 5) is 0. The Morgan fingerprint density at radius 1 is 0.867 bits per heavy atom. The highest BCUT2D eigenvalue weighted by Gasteiger charge is 1.95. The van der Waals surface area contributed by atoms with E-state index >= 15 is 0 Å². The molecule has 0 N–H and O–H groups in total. The lowest BCUT2D eigenvalue weighted by atomic mass is 10.3.